The number of halogens is 1. The number of nitrogen functional groups attached to an aromatic ring is 1. The lowest BCUT2D eigenvalue weighted by Gasteiger charge is -2.11. The summed E-state index contributed by atoms with van der Waals surface area (Å²) in [5.74, 6) is 0.522. The zero-order valence-electron chi connectivity index (χ0n) is 18.2. The topological polar surface area (TPSA) is 145 Å². The van der Waals surface area contributed by atoms with Crippen LogP contribution >= 0.6 is 46.0 Å². The molecular weight excluding hydrogens is 522 g/mol. The molecule has 0 saturated heterocycles. The number of nitrogens with zero attached hydrogens (tertiary/aromatic N) is 5. The first-order valence-corrected chi connectivity index (χ1v) is 13.4. The van der Waals surface area contributed by atoms with Crippen LogP contribution in [-0.2, 0) is 5.75 Å². The van der Waals surface area contributed by atoms with E-state index in [0.29, 0.717) is 45.2 Å². The molecule has 0 bridgehead atoms. The number of hydrogen-bond acceptors (Lipinski definition) is 11. The van der Waals surface area contributed by atoms with Gasteiger partial charge in [-0.25, -0.2) is 15.0 Å². The van der Waals surface area contributed by atoms with E-state index in [1.165, 1.54) is 34.4 Å². The van der Waals surface area contributed by atoms with Crippen LogP contribution in [0.4, 0.5) is 10.9 Å². The highest BCUT2D eigenvalue weighted by molar-refractivity contribution is 7.98. The fourth-order valence-corrected chi connectivity index (χ4v) is 5.82. The van der Waals surface area contributed by atoms with Crippen molar-refractivity contribution in [3.05, 3.63) is 56.9 Å². The number of thiazole rings is 2. The number of hydrogen-bond donors (Lipinski definition) is 3. The molecule has 3 heterocycles. The SMILES string of the molecule is N#Cc1c(N)nc(SCc2csc(-c3ccc(Cl)cc3)n2)c(C#N)c1-c1csc(NCCCO)n1. The van der Waals surface area contributed by atoms with Crippen LogP contribution in [0.15, 0.2) is 40.1 Å². The van der Waals surface area contributed by atoms with E-state index in [-0.39, 0.29) is 23.6 Å². The first kappa shape index (κ1) is 24.9. The summed E-state index contributed by atoms with van der Waals surface area (Å²) < 4.78 is 0. The summed E-state index contributed by atoms with van der Waals surface area (Å²) in [5, 5.41) is 38.1. The van der Waals surface area contributed by atoms with Gasteiger partial charge < -0.3 is 16.2 Å². The Morgan fingerprint density at radius 2 is 1.83 bits per heavy atom. The molecule has 0 amide bonds. The molecular formula is C23H18ClN7OS3. The van der Waals surface area contributed by atoms with Gasteiger partial charge in [0.05, 0.1) is 17.0 Å². The molecule has 3 aromatic heterocycles. The van der Waals surface area contributed by atoms with E-state index in [1.807, 2.05) is 29.6 Å². The van der Waals surface area contributed by atoms with Gasteiger partial charge in [-0.2, -0.15) is 10.5 Å². The number of aromatic nitrogens is 3. The second-order valence-electron chi connectivity index (χ2n) is 7.13. The number of aliphatic hydroxyl groups excluding tert-OH is 1. The second-order valence-corrected chi connectivity index (χ2v) is 10.2. The molecule has 4 aromatic rings. The molecule has 0 atom stereocenters. The Labute approximate surface area is 219 Å². The highest BCUT2D eigenvalue weighted by Crippen LogP contribution is 2.38. The molecule has 0 saturated carbocycles. The van der Waals surface area contributed by atoms with Gasteiger partial charge in [-0.1, -0.05) is 35.5 Å². The molecule has 1 aromatic carbocycles. The molecule has 0 aliphatic rings. The summed E-state index contributed by atoms with van der Waals surface area (Å²) in [6, 6.07) is 11.7. The molecule has 0 aliphatic carbocycles. The minimum atomic E-state index is 0.0481. The van der Waals surface area contributed by atoms with E-state index in [1.54, 1.807) is 5.38 Å². The average Bonchev–Trinajstić information content (AvgIpc) is 3.53. The van der Waals surface area contributed by atoms with E-state index in [9.17, 15) is 10.5 Å². The third-order valence-electron chi connectivity index (χ3n) is 4.79. The van der Waals surface area contributed by atoms with Gasteiger partial charge in [-0.3, -0.25) is 0 Å². The van der Waals surface area contributed by atoms with Gasteiger partial charge in [0.25, 0.3) is 0 Å². The Bertz CT molecular complexity index is 1420. The lowest BCUT2D eigenvalue weighted by Crippen LogP contribution is -2.05. The molecule has 0 aliphatic heterocycles. The quantitative estimate of drug-likeness (QED) is 0.188. The Morgan fingerprint density at radius 3 is 2.54 bits per heavy atom. The van der Waals surface area contributed by atoms with Crippen molar-refractivity contribution in [1.82, 2.24) is 15.0 Å². The third kappa shape index (κ3) is 5.73. The molecule has 4 N–H and O–H groups in total. The molecule has 4 rings (SSSR count). The van der Waals surface area contributed by atoms with Crippen LogP contribution in [0.25, 0.3) is 21.8 Å². The van der Waals surface area contributed by atoms with Gasteiger partial charge in [0, 0.05) is 45.8 Å². The van der Waals surface area contributed by atoms with E-state index >= 15 is 0 Å². The van der Waals surface area contributed by atoms with Crippen molar-refractivity contribution in [3.63, 3.8) is 0 Å². The van der Waals surface area contributed by atoms with Crippen molar-refractivity contribution >= 4 is 57.0 Å². The molecule has 0 fully saturated rings. The zero-order chi connectivity index (χ0) is 24.8. The number of benzene rings is 1. The standard InChI is InChI=1S/C23H18ClN7OS3/c24-14-4-2-13(3-5-14)21-29-15(10-33-21)11-34-22-17(9-26)19(16(8-25)20(27)31-22)18-12-35-23(30-18)28-6-1-7-32/h2-5,10,12,32H,1,6-7,11H2,(H2,27,31)(H,28,30). The molecule has 12 heteroatoms. The van der Waals surface area contributed by atoms with Crippen LogP contribution in [0.5, 0.6) is 0 Å². The third-order valence-corrected chi connectivity index (χ3v) is 7.79. The van der Waals surface area contributed by atoms with Gasteiger partial charge in [0.1, 0.15) is 33.6 Å². The van der Waals surface area contributed by atoms with Crippen molar-refractivity contribution < 1.29 is 5.11 Å². The van der Waals surface area contributed by atoms with E-state index < -0.39 is 0 Å². The molecule has 0 radical (unpaired) electrons. The van der Waals surface area contributed by atoms with Gasteiger partial charge in [0.15, 0.2) is 5.13 Å². The minimum absolute atomic E-state index is 0.0481. The fraction of sp³-hybridized carbons (Fsp3) is 0.174. The van der Waals surface area contributed by atoms with Crippen LogP contribution in [0.1, 0.15) is 23.2 Å². The van der Waals surface area contributed by atoms with E-state index in [2.05, 4.69) is 32.4 Å². The lowest BCUT2D eigenvalue weighted by atomic mass is 10.0. The lowest BCUT2D eigenvalue weighted by molar-refractivity contribution is 0.292. The Kier molecular flexibility index (Phi) is 8.18. The zero-order valence-corrected chi connectivity index (χ0v) is 21.4. The maximum atomic E-state index is 9.98. The van der Waals surface area contributed by atoms with Gasteiger partial charge in [-0.15, -0.1) is 22.7 Å². The van der Waals surface area contributed by atoms with Gasteiger partial charge >= 0.3 is 0 Å². The number of pyridine rings is 1. The molecule has 35 heavy (non-hydrogen) atoms. The smallest absolute Gasteiger partial charge is 0.183 e. The van der Waals surface area contributed by atoms with Crippen molar-refractivity contribution in [1.29, 1.82) is 10.5 Å². The summed E-state index contributed by atoms with van der Waals surface area (Å²) in [6.45, 7) is 0.634. The predicted molar refractivity (Wildman–Crippen MR) is 142 cm³/mol. The number of nitriles is 2. The van der Waals surface area contributed by atoms with Crippen molar-refractivity contribution in [3.8, 4) is 34.0 Å². The van der Waals surface area contributed by atoms with Gasteiger partial charge in [0.2, 0.25) is 0 Å². The largest absolute Gasteiger partial charge is 0.396 e. The normalized spacial score (nSPS) is 10.6. The van der Waals surface area contributed by atoms with Crippen molar-refractivity contribution in [2.24, 2.45) is 0 Å². The summed E-state index contributed by atoms with van der Waals surface area (Å²) in [7, 11) is 0. The number of nitrogens with two attached hydrogens (primary N) is 1. The summed E-state index contributed by atoms with van der Waals surface area (Å²) in [5.41, 5.74) is 9.14. The second kappa shape index (κ2) is 11.5. The van der Waals surface area contributed by atoms with Crippen molar-refractivity contribution in [2.45, 2.75) is 17.2 Å². The number of aliphatic hydroxyl groups is 1. The number of anilines is 2. The Morgan fingerprint density at radius 1 is 1.06 bits per heavy atom. The highest BCUT2D eigenvalue weighted by Gasteiger charge is 2.23. The van der Waals surface area contributed by atoms with E-state index in [4.69, 9.17) is 22.4 Å². The van der Waals surface area contributed by atoms with Crippen LogP contribution in [0.3, 0.4) is 0 Å². The number of thioether (sulfide) groups is 1. The Hall–Kier alpha value is -3.19. The number of nitrogens with one attached hydrogen (secondary N) is 1. The Balaban J connectivity index is 1.61. The van der Waals surface area contributed by atoms with Crippen LogP contribution in [-0.4, -0.2) is 33.2 Å². The monoisotopic (exact) mass is 539 g/mol. The first-order chi connectivity index (χ1) is 17.0. The highest BCUT2D eigenvalue weighted by atomic mass is 35.5. The molecule has 8 nitrogen and oxygen atoms in total. The molecule has 0 unspecified atom stereocenters. The number of rotatable bonds is 9. The van der Waals surface area contributed by atoms with E-state index in [0.717, 1.165) is 16.3 Å². The first-order valence-electron chi connectivity index (χ1n) is 10.3. The van der Waals surface area contributed by atoms with Crippen LogP contribution in [0.2, 0.25) is 5.02 Å². The van der Waals surface area contributed by atoms with Crippen molar-refractivity contribution in [2.75, 3.05) is 24.2 Å². The molecule has 176 valence electrons. The summed E-state index contributed by atoms with van der Waals surface area (Å²) in [4.78, 5) is 13.6. The molecule has 0 spiro atoms. The average molecular weight is 540 g/mol. The predicted octanol–water partition coefficient (Wildman–Crippen LogP) is 5.39. The minimum Gasteiger partial charge on any atom is -0.396 e. The fourth-order valence-electron chi connectivity index (χ4n) is 3.14. The van der Waals surface area contributed by atoms with Gasteiger partial charge in [-0.05, 0) is 18.6 Å². The maximum Gasteiger partial charge on any atom is 0.183 e. The summed E-state index contributed by atoms with van der Waals surface area (Å²) >= 11 is 10.2. The van der Waals surface area contributed by atoms with Crippen LogP contribution in [0, 0.1) is 22.7 Å². The van der Waals surface area contributed by atoms with Crippen LogP contribution < -0.4 is 11.1 Å². The summed E-state index contributed by atoms with van der Waals surface area (Å²) in [6.07, 6.45) is 0.584. The maximum absolute atomic E-state index is 9.98.